The topological polar surface area (TPSA) is 137 Å². The molecule has 4 unspecified atom stereocenters. The van der Waals surface area contributed by atoms with E-state index in [4.69, 9.17) is 24.0 Å². The average Bonchev–Trinajstić information content (AvgIpc) is 3.95. The molecule has 6 rings (SSSR count). The second-order valence-electron chi connectivity index (χ2n) is 14.6. The second-order valence-corrected chi connectivity index (χ2v) is 15.8. The number of unbranched alkanes of at least 4 members (excludes halogenated alkanes) is 2. The van der Waals surface area contributed by atoms with Gasteiger partial charge in [-0.2, -0.15) is 16.9 Å². The third kappa shape index (κ3) is 12.3. The number of carbonyl (C=O) groups excluding carboxylic acids is 2. The number of aromatic nitrogens is 2. The zero-order valence-corrected chi connectivity index (χ0v) is 34.2. The van der Waals surface area contributed by atoms with Gasteiger partial charge in [-0.3, -0.25) is 4.79 Å². The fourth-order valence-corrected chi connectivity index (χ4v) is 8.69. The summed E-state index contributed by atoms with van der Waals surface area (Å²) in [5, 5.41) is 17.9. The smallest absolute Gasteiger partial charge is 0.315 e. The molecule has 3 aliphatic rings. The van der Waals surface area contributed by atoms with Gasteiger partial charge in [0.25, 0.3) is 0 Å². The largest absolute Gasteiger partial charge is 0.497 e. The van der Waals surface area contributed by atoms with E-state index in [1.807, 2.05) is 46.8 Å². The summed E-state index contributed by atoms with van der Waals surface area (Å²) >= 11 is 1.91. The van der Waals surface area contributed by atoms with Crippen molar-refractivity contribution >= 4 is 35.2 Å². The number of fused-ring (bicyclic) bond motifs is 4. The van der Waals surface area contributed by atoms with Crippen molar-refractivity contribution in [2.24, 2.45) is 5.92 Å². The summed E-state index contributed by atoms with van der Waals surface area (Å²) in [6, 6.07) is 14.4. The fraction of sp³-hybridized carbons (Fsp3) is 0.595. The summed E-state index contributed by atoms with van der Waals surface area (Å²) < 4.78 is 24.4. The number of urea groups is 1. The summed E-state index contributed by atoms with van der Waals surface area (Å²) in [5.41, 5.74) is 5.35. The van der Waals surface area contributed by atoms with Crippen molar-refractivity contribution in [1.82, 2.24) is 25.7 Å². The minimum Gasteiger partial charge on any atom is -0.497 e. The fourth-order valence-electron chi connectivity index (χ4n) is 7.14. The molecule has 0 spiro atoms. The number of nitrogens with one attached hydrogen (secondary N) is 4. The molecule has 12 nitrogen and oxygen atoms in total. The van der Waals surface area contributed by atoms with Gasteiger partial charge < -0.3 is 40.2 Å². The third-order valence-corrected chi connectivity index (χ3v) is 12.0. The van der Waals surface area contributed by atoms with Crippen molar-refractivity contribution < 1.29 is 28.5 Å². The van der Waals surface area contributed by atoms with E-state index in [2.05, 4.69) is 54.2 Å². The molecule has 2 aromatic carbocycles. The van der Waals surface area contributed by atoms with E-state index in [9.17, 15) is 9.59 Å². The Balaban J connectivity index is 0.000000654. The van der Waals surface area contributed by atoms with Gasteiger partial charge in [0.05, 0.1) is 65.0 Å². The van der Waals surface area contributed by atoms with Gasteiger partial charge in [-0.05, 0) is 54.7 Å². The summed E-state index contributed by atoms with van der Waals surface area (Å²) in [7, 11) is 3.34. The highest BCUT2D eigenvalue weighted by Gasteiger charge is 2.42. The van der Waals surface area contributed by atoms with E-state index in [1.165, 1.54) is 31.2 Å². The van der Waals surface area contributed by atoms with Crippen LogP contribution in [0.3, 0.4) is 0 Å². The van der Waals surface area contributed by atoms with Gasteiger partial charge >= 0.3 is 6.03 Å². The highest BCUT2D eigenvalue weighted by atomic mass is 32.2. The number of ether oxygens (including phenoxy) is 4. The van der Waals surface area contributed by atoms with Crippen LogP contribution < -0.4 is 30.7 Å². The molecule has 3 aromatic rings. The lowest BCUT2D eigenvalue weighted by atomic mass is 10.0. The zero-order valence-electron chi connectivity index (χ0n) is 33.4. The van der Waals surface area contributed by atoms with Gasteiger partial charge in [-0.15, -0.1) is 0 Å². The van der Waals surface area contributed by atoms with Crippen LogP contribution in [0.1, 0.15) is 83.3 Å². The van der Waals surface area contributed by atoms with Crippen molar-refractivity contribution in [1.29, 1.82) is 0 Å². The monoisotopic (exact) mass is 778 g/mol. The lowest BCUT2D eigenvalue weighted by molar-refractivity contribution is -0.121. The van der Waals surface area contributed by atoms with E-state index in [1.54, 1.807) is 14.2 Å². The van der Waals surface area contributed by atoms with E-state index in [-0.39, 0.29) is 24.0 Å². The van der Waals surface area contributed by atoms with Crippen LogP contribution in [0.25, 0.3) is 11.3 Å². The highest BCUT2D eigenvalue weighted by molar-refractivity contribution is 8.00. The van der Waals surface area contributed by atoms with Gasteiger partial charge in [-0.1, -0.05) is 58.9 Å². The molecule has 1 aliphatic carbocycles. The van der Waals surface area contributed by atoms with Crippen molar-refractivity contribution in [3.8, 4) is 22.8 Å². The average molecular weight is 779 g/mol. The highest BCUT2D eigenvalue weighted by Crippen LogP contribution is 2.42. The summed E-state index contributed by atoms with van der Waals surface area (Å²) in [6.45, 7) is 9.71. The number of thioether (sulfide) groups is 1. The lowest BCUT2D eigenvalue weighted by Crippen LogP contribution is -2.36. The molecule has 1 aromatic heterocycles. The van der Waals surface area contributed by atoms with Crippen molar-refractivity contribution in [3.63, 3.8) is 0 Å². The summed E-state index contributed by atoms with van der Waals surface area (Å²) in [4.78, 5) is 23.7. The first-order valence-corrected chi connectivity index (χ1v) is 21.2. The Morgan fingerprint density at radius 2 is 1.80 bits per heavy atom. The minimum atomic E-state index is -0.0584. The Hall–Kier alpha value is -3.94. The number of nitrogens with zero attached hydrogens (tertiary/aromatic N) is 2. The minimum absolute atomic E-state index is 0.0453. The van der Waals surface area contributed by atoms with Gasteiger partial charge in [0.15, 0.2) is 0 Å². The number of hydrogen-bond donors (Lipinski definition) is 4. The molecule has 55 heavy (non-hydrogen) atoms. The molecular weight excluding hydrogens is 717 g/mol. The van der Waals surface area contributed by atoms with Crippen LogP contribution in [0.5, 0.6) is 11.5 Å². The molecule has 0 bridgehead atoms. The molecule has 2 saturated heterocycles. The van der Waals surface area contributed by atoms with Gasteiger partial charge in [0, 0.05) is 53.3 Å². The maximum absolute atomic E-state index is 12.2. The number of rotatable bonds is 22. The number of anilines is 2. The quantitative estimate of drug-likeness (QED) is 0.0478. The molecule has 13 heteroatoms. The molecule has 4 atom stereocenters. The third-order valence-electron chi connectivity index (χ3n) is 10.5. The Bertz CT molecular complexity index is 1670. The van der Waals surface area contributed by atoms with Crippen molar-refractivity contribution in [2.45, 2.75) is 102 Å². The van der Waals surface area contributed by atoms with Crippen LogP contribution in [0.2, 0.25) is 0 Å². The number of amides is 3. The van der Waals surface area contributed by atoms with Gasteiger partial charge in [0.1, 0.15) is 17.3 Å². The molecule has 0 radical (unpaired) electrons. The first kappa shape index (κ1) is 42.2. The molecule has 0 saturated carbocycles. The van der Waals surface area contributed by atoms with Crippen LogP contribution in [0, 0.1) is 5.92 Å². The van der Waals surface area contributed by atoms with Gasteiger partial charge in [0.2, 0.25) is 5.91 Å². The van der Waals surface area contributed by atoms with E-state index in [0.717, 1.165) is 77.2 Å². The normalized spacial score (nSPS) is 18.3. The molecule has 3 amide bonds. The molecule has 2 fully saturated rings. The van der Waals surface area contributed by atoms with Crippen LogP contribution >= 0.6 is 11.8 Å². The van der Waals surface area contributed by atoms with Gasteiger partial charge in [-0.25, -0.2) is 9.48 Å². The van der Waals surface area contributed by atoms with Crippen LogP contribution in [0.15, 0.2) is 42.5 Å². The van der Waals surface area contributed by atoms with E-state index in [0.29, 0.717) is 51.2 Å². The van der Waals surface area contributed by atoms with E-state index < -0.39 is 0 Å². The zero-order chi connectivity index (χ0) is 39.0. The molecule has 302 valence electrons. The molecule has 3 heterocycles. The molecular formula is C42H62N6O6S. The summed E-state index contributed by atoms with van der Waals surface area (Å²) in [6.07, 6.45) is 9.62. The standard InChI is InChI=1S/C34H44N6O6S.C8H18/c1-43-24-7-5-6-23(20-24)36-33-27-19-22-18-25(44-2)10-11-26(22)31(27)39-40(33)13-15-46-17-16-45-14-12-35-30(41)9-4-3-8-29-32-28(21-47-29)37-34(42)38-32;1-4-6-7-8(3)5-2/h5-7,10-11,18,20,28-29,32,36H,3-4,8-9,12-17,19,21H2,1-2H3,(H,35,41)(H2,37,38,42);8H,4-7H2,1-3H3. The van der Waals surface area contributed by atoms with Crippen LogP contribution in [-0.2, 0) is 27.2 Å². The van der Waals surface area contributed by atoms with Crippen LogP contribution in [-0.4, -0.2) is 92.0 Å². The number of methoxy groups -OCH3 is 2. The number of carbonyl (C=O) groups is 2. The Kier molecular flexibility index (Phi) is 16.9. The maximum Gasteiger partial charge on any atom is 0.315 e. The van der Waals surface area contributed by atoms with Crippen LogP contribution in [0.4, 0.5) is 16.3 Å². The second kappa shape index (κ2) is 22.0. The summed E-state index contributed by atoms with van der Waals surface area (Å²) in [5.74, 6) is 4.51. The molecule has 4 N–H and O–H groups in total. The van der Waals surface area contributed by atoms with E-state index >= 15 is 0 Å². The number of hydrogen-bond acceptors (Lipinski definition) is 9. The predicted octanol–water partition coefficient (Wildman–Crippen LogP) is 7.31. The Morgan fingerprint density at radius 3 is 2.58 bits per heavy atom. The maximum atomic E-state index is 12.2. The predicted molar refractivity (Wildman–Crippen MR) is 221 cm³/mol. The molecule has 2 aliphatic heterocycles. The first-order chi connectivity index (χ1) is 26.8. The Labute approximate surface area is 331 Å². The first-order valence-electron chi connectivity index (χ1n) is 20.1. The Morgan fingerprint density at radius 1 is 1.00 bits per heavy atom. The SMILES string of the molecule is CCCCC(C)CC.COc1cccc(Nc2c3c(nn2CCOCCOCCNC(=O)CCCCC2SCC4NC(=O)NC42)-c2ccc(OC)cc2C3)c1. The van der Waals surface area contributed by atoms with Crippen molar-refractivity contribution in [3.05, 3.63) is 53.6 Å². The number of benzene rings is 2. The lowest BCUT2D eigenvalue weighted by Gasteiger charge is -2.16. The van der Waals surface area contributed by atoms with Crippen molar-refractivity contribution in [2.75, 3.05) is 58.3 Å².